The molecule has 0 aliphatic heterocycles. The van der Waals surface area contributed by atoms with E-state index in [4.69, 9.17) is 4.42 Å². The fourth-order valence-electron chi connectivity index (χ4n) is 8.32. The Hall–Kier alpha value is -6.03. The summed E-state index contributed by atoms with van der Waals surface area (Å²) < 4.78 is 8.80. The minimum Gasteiger partial charge on any atom is -0.456 e. The second-order valence-corrected chi connectivity index (χ2v) is 16.9. The molecule has 0 radical (unpaired) electrons. The van der Waals surface area contributed by atoms with Crippen LogP contribution in [0.25, 0.3) is 55.0 Å². The minimum absolute atomic E-state index is 0.362. The van der Waals surface area contributed by atoms with E-state index in [2.05, 4.69) is 194 Å². The number of rotatable bonds is 6. The van der Waals surface area contributed by atoms with Gasteiger partial charge < -0.3 is 8.98 Å². The van der Waals surface area contributed by atoms with Crippen LogP contribution in [0, 0.1) is 5.92 Å². The molecular weight excluding hydrogens is 651 g/mol. The molecule has 0 bridgehead atoms. The molecule has 9 aromatic rings. The third-order valence-electron chi connectivity index (χ3n) is 10.8. The Balaban J connectivity index is 1.24. The van der Waals surface area contributed by atoms with Gasteiger partial charge in [0, 0.05) is 41.9 Å². The van der Waals surface area contributed by atoms with Crippen LogP contribution in [0.2, 0.25) is 0 Å². The molecule has 250 valence electrons. The molecule has 7 aromatic carbocycles. The first-order chi connectivity index (χ1) is 25.7. The molecule has 2 nitrogen and oxygen atoms in total. The lowest BCUT2D eigenvalue weighted by Crippen LogP contribution is -2.11. The molecular formula is C49H37NOS. The van der Waals surface area contributed by atoms with Crippen LogP contribution in [-0.2, 0) is 0 Å². The van der Waals surface area contributed by atoms with Gasteiger partial charge in [0.15, 0.2) is 0 Å². The molecule has 2 aromatic heterocycles. The predicted molar refractivity (Wildman–Crippen MR) is 220 cm³/mol. The molecule has 0 amide bonds. The Morgan fingerprint density at radius 1 is 0.519 bits per heavy atom. The number of benzene rings is 7. The number of para-hydroxylation sites is 3. The molecule has 3 heteroatoms. The zero-order valence-corrected chi connectivity index (χ0v) is 29.8. The van der Waals surface area contributed by atoms with Gasteiger partial charge in [-0.1, -0.05) is 110 Å². The van der Waals surface area contributed by atoms with Crippen molar-refractivity contribution in [1.29, 1.82) is 0 Å². The normalized spacial score (nSPS) is 15.3. The molecule has 52 heavy (non-hydrogen) atoms. The molecule has 2 heterocycles. The molecule has 0 spiro atoms. The minimum atomic E-state index is -1.93. The van der Waals surface area contributed by atoms with E-state index in [0.717, 1.165) is 28.4 Å². The highest BCUT2D eigenvalue weighted by atomic mass is 32.3. The summed E-state index contributed by atoms with van der Waals surface area (Å²) in [6, 6.07) is 64.4. The lowest BCUT2D eigenvalue weighted by Gasteiger charge is -2.44. The molecule has 1 atom stereocenters. The number of fused-ring (bicyclic) bond motifs is 6. The monoisotopic (exact) mass is 687 g/mol. The fourth-order valence-corrected chi connectivity index (χ4v) is 12.3. The Kier molecular flexibility index (Phi) is 7.30. The molecule has 1 aliphatic carbocycles. The summed E-state index contributed by atoms with van der Waals surface area (Å²) in [7, 11) is -1.93. The van der Waals surface area contributed by atoms with Crippen molar-refractivity contribution in [3.8, 4) is 5.69 Å². The van der Waals surface area contributed by atoms with Crippen molar-refractivity contribution in [2.45, 2.75) is 28.0 Å². The highest BCUT2D eigenvalue weighted by molar-refractivity contribution is 8.37. The van der Waals surface area contributed by atoms with E-state index in [1.165, 1.54) is 58.2 Å². The number of nitrogens with zero attached hydrogens (tertiary/aromatic N) is 1. The van der Waals surface area contributed by atoms with Crippen LogP contribution >= 0.6 is 10.0 Å². The zero-order chi connectivity index (χ0) is 34.6. The SMILES string of the molecule is CC1CC=C(S(c2ccccc2)(c2ccccc2)c2ccc3c(c2)c2ccccc2n3-c2ccccc2)C=C1c1ccc2c(c1)oc1ccccc12. The van der Waals surface area contributed by atoms with E-state index in [1.54, 1.807) is 0 Å². The largest absolute Gasteiger partial charge is 0.456 e. The standard InChI is InChI=1S/C49H37NOS/c1-34-25-27-39(32-44(34)35-26-29-43-42-22-12-14-24-48(42)51-49(43)31-35)52(37-17-7-3-8-18-37,38-19-9-4-10-20-38)40-28-30-47-45(33-40)41-21-11-13-23-46(41)50(47)36-15-5-2-6-16-36/h2-24,26-34H,25H2,1H3. The Morgan fingerprint density at radius 2 is 1.13 bits per heavy atom. The van der Waals surface area contributed by atoms with E-state index in [0.29, 0.717) is 5.92 Å². The van der Waals surface area contributed by atoms with Crippen molar-refractivity contribution < 1.29 is 4.42 Å². The smallest absolute Gasteiger partial charge is 0.136 e. The first kappa shape index (κ1) is 30.8. The van der Waals surface area contributed by atoms with Crippen molar-refractivity contribution in [2.75, 3.05) is 0 Å². The molecule has 0 fully saturated rings. The molecule has 10 rings (SSSR count). The third-order valence-corrected chi connectivity index (χ3v) is 14.7. The van der Waals surface area contributed by atoms with Gasteiger partial charge in [-0.3, -0.25) is 0 Å². The Bertz CT molecular complexity index is 2790. The maximum absolute atomic E-state index is 6.39. The highest BCUT2D eigenvalue weighted by Crippen LogP contribution is 2.74. The van der Waals surface area contributed by atoms with E-state index >= 15 is 0 Å². The van der Waals surface area contributed by atoms with Crippen LogP contribution in [0.3, 0.4) is 0 Å². The van der Waals surface area contributed by atoms with Gasteiger partial charge in [-0.25, -0.2) is 0 Å². The first-order valence-corrected chi connectivity index (χ1v) is 19.7. The summed E-state index contributed by atoms with van der Waals surface area (Å²) in [6.45, 7) is 2.36. The van der Waals surface area contributed by atoms with Gasteiger partial charge in [-0.2, -0.15) is 0 Å². The lowest BCUT2D eigenvalue weighted by molar-refractivity contribution is 0.668. The predicted octanol–water partition coefficient (Wildman–Crippen LogP) is 14.0. The van der Waals surface area contributed by atoms with Crippen molar-refractivity contribution in [3.63, 3.8) is 0 Å². The second kappa shape index (κ2) is 12.3. The average molecular weight is 688 g/mol. The van der Waals surface area contributed by atoms with Gasteiger partial charge in [-0.05, 0) is 113 Å². The Morgan fingerprint density at radius 3 is 1.88 bits per heavy atom. The topological polar surface area (TPSA) is 18.1 Å². The van der Waals surface area contributed by atoms with Crippen LogP contribution in [0.5, 0.6) is 0 Å². The van der Waals surface area contributed by atoms with Gasteiger partial charge in [0.25, 0.3) is 0 Å². The number of allylic oxidation sites excluding steroid dienone is 3. The van der Waals surface area contributed by atoms with Crippen molar-refractivity contribution >= 4 is 59.3 Å². The summed E-state index contributed by atoms with van der Waals surface area (Å²) in [5, 5.41) is 4.86. The van der Waals surface area contributed by atoms with E-state index in [-0.39, 0.29) is 0 Å². The molecule has 1 aliphatic rings. The molecule has 0 N–H and O–H groups in total. The van der Waals surface area contributed by atoms with Crippen LogP contribution in [0.4, 0.5) is 0 Å². The van der Waals surface area contributed by atoms with Crippen molar-refractivity contribution in [1.82, 2.24) is 4.57 Å². The maximum atomic E-state index is 6.39. The maximum Gasteiger partial charge on any atom is 0.136 e. The number of furan rings is 1. The summed E-state index contributed by atoms with van der Waals surface area (Å²) in [4.78, 5) is 5.36. The summed E-state index contributed by atoms with van der Waals surface area (Å²) in [5.41, 5.74) is 8.05. The van der Waals surface area contributed by atoms with Crippen LogP contribution in [-0.4, -0.2) is 4.57 Å². The average Bonchev–Trinajstić information content (AvgIpc) is 3.75. The van der Waals surface area contributed by atoms with Gasteiger partial charge in [0.05, 0.1) is 11.0 Å². The Labute approximate surface area is 305 Å². The van der Waals surface area contributed by atoms with E-state index in [1.807, 2.05) is 6.07 Å². The zero-order valence-electron chi connectivity index (χ0n) is 28.9. The quantitative estimate of drug-likeness (QED) is 0.170. The fraction of sp³-hybridized carbons (Fsp3) is 0.0612. The van der Waals surface area contributed by atoms with Crippen LogP contribution in [0.15, 0.2) is 212 Å². The third kappa shape index (κ3) is 4.73. The van der Waals surface area contributed by atoms with Gasteiger partial charge in [0.2, 0.25) is 0 Å². The molecule has 1 unspecified atom stereocenters. The van der Waals surface area contributed by atoms with Crippen molar-refractivity contribution in [2.24, 2.45) is 5.92 Å². The second-order valence-electron chi connectivity index (χ2n) is 13.8. The summed E-state index contributed by atoms with van der Waals surface area (Å²) in [6.07, 6.45) is 6.01. The van der Waals surface area contributed by atoms with Gasteiger partial charge in [-0.15, -0.1) is 10.0 Å². The summed E-state index contributed by atoms with van der Waals surface area (Å²) >= 11 is 0. The van der Waals surface area contributed by atoms with E-state index in [9.17, 15) is 0 Å². The van der Waals surface area contributed by atoms with Gasteiger partial charge in [0.1, 0.15) is 11.2 Å². The lowest BCUT2D eigenvalue weighted by atomic mass is 9.88. The van der Waals surface area contributed by atoms with Crippen LogP contribution < -0.4 is 0 Å². The number of hydrogen-bond donors (Lipinski definition) is 0. The van der Waals surface area contributed by atoms with Gasteiger partial charge >= 0.3 is 0 Å². The first-order valence-electron chi connectivity index (χ1n) is 18.1. The molecule has 0 saturated carbocycles. The van der Waals surface area contributed by atoms with Crippen molar-refractivity contribution in [3.05, 3.63) is 199 Å². The number of aromatic nitrogens is 1. The van der Waals surface area contributed by atoms with Crippen LogP contribution in [0.1, 0.15) is 18.9 Å². The summed E-state index contributed by atoms with van der Waals surface area (Å²) in [5.74, 6) is 0.362. The highest BCUT2D eigenvalue weighted by Gasteiger charge is 2.36. The molecule has 0 saturated heterocycles. The number of hydrogen-bond acceptors (Lipinski definition) is 1. The van der Waals surface area contributed by atoms with E-state index < -0.39 is 10.0 Å².